The van der Waals surface area contributed by atoms with Crippen molar-refractivity contribution in [2.75, 3.05) is 0 Å². The fraction of sp³-hybridized carbons (Fsp3) is 0.368. The van der Waals surface area contributed by atoms with Crippen LogP contribution >= 0.6 is 11.8 Å². The lowest BCUT2D eigenvalue weighted by Gasteiger charge is -2.32. The summed E-state index contributed by atoms with van der Waals surface area (Å²) >= 11 is 1.68. The molecule has 2 nitrogen and oxygen atoms in total. The SMILES string of the molecule is CC1(C)OB(c2cc(F)cc3c2Sc2ccccc2C3)OC1(C)C. The highest BCUT2D eigenvalue weighted by Crippen LogP contribution is 2.41. The van der Waals surface area contributed by atoms with Gasteiger partial charge in [-0.05, 0) is 68.9 Å². The summed E-state index contributed by atoms with van der Waals surface area (Å²) in [6, 6.07) is 11.5. The molecule has 1 fully saturated rings. The van der Waals surface area contributed by atoms with Crippen LogP contribution in [0.15, 0.2) is 46.2 Å². The lowest BCUT2D eigenvalue weighted by molar-refractivity contribution is 0.00578. The molecule has 0 amide bonds. The molecule has 5 heteroatoms. The Morgan fingerprint density at radius 1 is 1.00 bits per heavy atom. The monoisotopic (exact) mass is 342 g/mol. The molecule has 4 rings (SSSR count). The predicted molar refractivity (Wildman–Crippen MR) is 95.5 cm³/mol. The van der Waals surface area contributed by atoms with Crippen molar-refractivity contribution in [2.45, 2.75) is 55.1 Å². The van der Waals surface area contributed by atoms with Gasteiger partial charge < -0.3 is 9.31 Å². The van der Waals surface area contributed by atoms with Crippen molar-refractivity contribution in [2.24, 2.45) is 0 Å². The van der Waals surface area contributed by atoms with E-state index in [-0.39, 0.29) is 5.82 Å². The second kappa shape index (κ2) is 5.35. The number of hydrogen-bond acceptors (Lipinski definition) is 3. The van der Waals surface area contributed by atoms with E-state index in [1.54, 1.807) is 23.9 Å². The average Bonchev–Trinajstić information content (AvgIpc) is 2.72. The highest BCUT2D eigenvalue weighted by molar-refractivity contribution is 7.99. The Hall–Kier alpha value is -1.30. The van der Waals surface area contributed by atoms with E-state index in [1.165, 1.54) is 10.5 Å². The average molecular weight is 342 g/mol. The summed E-state index contributed by atoms with van der Waals surface area (Å²) in [7, 11) is -0.544. The van der Waals surface area contributed by atoms with Gasteiger partial charge in [0.25, 0.3) is 0 Å². The summed E-state index contributed by atoms with van der Waals surface area (Å²) in [5.74, 6) is -0.238. The second-order valence-corrected chi connectivity index (χ2v) is 8.51. The Labute approximate surface area is 146 Å². The van der Waals surface area contributed by atoms with Crippen LogP contribution in [0.4, 0.5) is 4.39 Å². The van der Waals surface area contributed by atoms with Crippen LogP contribution in [0.1, 0.15) is 38.8 Å². The van der Waals surface area contributed by atoms with Gasteiger partial charge in [0.15, 0.2) is 0 Å². The van der Waals surface area contributed by atoms with E-state index < -0.39 is 18.3 Å². The van der Waals surface area contributed by atoms with Crippen LogP contribution in [-0.4, -0.2) is 18.3 Å². The smallest absolute Gasteiger partial charge is 0.399 e. The summed E-state index contributed by atoms with van der Waals surface area (Å²) in [4.78, 5) is 2.28. The fourth-order valence-electron chi connectivity index (χ4n) is 3.14. The molecule has 0 unspecified atom stereocenters. The van der Waals surface area contributed by atoms with E-state index in [4.69, 9.17) is 9.31 Å². The van der Waals surface area contributed by atoms with Crippen LogP contribution in [0, 0.1) is 5.82 Å². The van der Waals surface area contributed by atoms with Gasteiger partial charge in [-0.1, -0.05) is 30.0 Å². The topological polar surface area (TPSA) is 18.5 Å². The maximum absolute atomic E-state index is 14.2. The van der Waals surface area contributed by atoms with Crippen molar-refractivity contribution in [3.8, 4) is 0 Å². The van der Waals surface area contributed by atoms with Gasteiger partial charge in [-0.2, -0.15) is 0 Å². The Bertz CT molecular complexity index is 803. The first-order chi connectivity index (χ1) is 11.3. The highest BCUT2D eigenvalue weighted by Gasteiger charge is 2.52. The lowest BCUT2D eigenvalue weighted by atomic mass is 9.77. The predicted octanol–water partition coefficient (Wildman–Crippen LogP) is 4.18. The van der Waals surface area contributed by atoms with Gasteiger partial charge in [0.2, 0.25) is 0 Å². The van der Waals surface area contributed by atoms with E-state index >= 15 is 0 Å². The standard InChI is InChI=1S/C19H20BFO2S/c1-18(2)19(3,4)23-20(22-18)15-11-14(21)10-13-9-12-7-5-6-8-16(12)24-17(13)15/h5-8,10-11H,9H2,1-4H3. The molecule has 1 saturated heterocycles. The zero-order valence-electron chi connectivity index (χ0n) is 14.4. The molecule has 124 valence electrons. The molecule has 24 heavy (non-hydrogen) atoms. The van der Waals surface area contributed by atoms with Gasteiger partial charge in [0, 0.05) is 9.79 Å². The van der Waals surface area contributed by atoms with Crippen molar-refractivity contribution >= 4 is 24.3 Å². The molecule has 2 heterocycles. The number of benzene rings is 2. The van der Waals surface area contributed by atoms with Crippen molar-refractivity contribution in [3.05, 3.63) is 53.3 Å². The Morgan fingerprint density at radius 3 is 2.38 bits per heavy atom. The molecule has 0 aromatic heterocycles. The molecular formula is C19H20BFO2S. The van der Waals surface area contributed by atoms with Crippen LogP contribution < -0.4 is 5.46 Å². The molecule has 0 saturated carbocycles. The largest absolute Gasteiger partial charge is 0.496 e. The third-order valence-electron chi connectivity index (χ3n) is 5.23. The van der Waals surface area contributed by atoms with Gasteiger partial charge >= 0.3 is 7.12 Å². The highest BCUT2D eigenvalue weighted by atomic mass is 32.2. The zero-order valence-corrected chi connectivity index (χ0v) is 15.2. The maximum atomic E-state index is 14.2. The van der Waals surface area contributed by atoms with Crippen molar-refractivity contribution in [1.82, 2.24) is 0 Å². The minimum Gasteiger partial charge on any atom is -0.399 e. The van der Waals surface area contributed by atoms with Crippen molar-refractivity contribution < 1.29 is 13.7 Å². The number of halogens is 1. The van der Waals surface area contributed by atoms with E-state index in [2.05, 4.69) is 12.1 Å². The lowest BCUT2D eigenvalue weighted by Crippen LogP contribution is -2.41. The Balaban J connectivity index is 1.78. The van der Waals surface area contributed by atoms with Crippen molar-refractivity contribution in [3.63, 3.8) is 0 Å². The van der Waals surface area contributed by atoms with Crippen LogP contribution in [0.25, 0.3) is 0 Å². The summed E-state index contributed by atoms with van der Waals surface area (Å²) < 4.78 is 26.6. The van der Waals surface area contributed by atoms with Crippen LogP contribution in [-0.2, 0) is 15.7 Å². The molecule has 0 atom stereocenters. The van der Waals surface area contributed by atoms with Gasteiger partial charge in [-0.25, -0.2) is 4.39 Å². The van der Waals surface area contributed by atoms with Gasteiger partial charge in [-0.3, -0.25) is 0 Å². The molecule has 2 aliphatic rings. The van der Waals surface area contributed by atoms with E-state index in [0.29, 0.717) is 0 Å². The molecule has 2 aromatic rings. The third kappa shape index (κ3) is 2.50. The Kier molecular flexibility index (Phi) is 3.61. The van der Waals surface area contributed by atoms with E-state index in [9.17, 15) is 4.39 Å². The third-order valence-corrected chi connectivity index (χ3v) is 6.55. The van der Waals surface area contributed by atoms with Crippen LogP contribution in [0.2, 0.25) is 0 Å². The molecular weight excluding hydrogens is 322 g/mol. The minimum atomic E-state index is -0.544. The quantitative estimate of drug-likeness (QED) is 0.618. The normalized spacial score (nSPS) is 20.6. The van der Waals surface area contributed by atoms with E-state index in [0.717, 1.165) is 22.3 Å². The number of fused-ring (bicyclic) bond motifs is 2. The summed E-state index contributed by atoms with van der Waals surface area (Å²) in [6.07, 6.45) is 0.739. The van der Waals surface area contributed by atoms with Crippen molar-refractivity contribution in [1.29, 1.82) is 0 Å². The zero-order chi connectivity index (χ0) is 17.1. The number of rotatable bonds is 1. The molecule has 0 spiro atoms. The first-order valence-corrected chi connectivity index (χ1v) is 9.02. The number of hydrogen-bond donors (Lipinski definition) is 0. The molecule has 2 aliphatic heterocycles. The van der Waals surface area contributed by atoms with Gasteiger partial charge in [-0.15, -0.1) is 0 Å². The first-order valence-electron chi connectivity index (χ1n) is 8.20. The second-order valence-electron chi connectivity index (χ2n) is 7.46. The van der Waals surface area contributed by atoms with Crippen LogP contribution in [0.3, 0.4) is 0 Å². The summed E-state index contributed by atoms with van der Waals surface area (Å²) in [5.41, 5.74) is 2.16. The molecule has 2 aromatic carbocycles. The molecule has 0 aliphatic carbocycles. The van der Waals surface area contributed by atoms with Gasteiger partial charge in [0.1, 0.15) is 5.82 Å². The molecule has 0 bridgehead atoms. The van der Waals surface area contributed by atoms with Crippen LogP contribution in [0.5, 0.6) is 0 Å². The van der Waals surface area contributed by atoms with Gasteiger partial charge in [0.05, 0.1) is 11.2 Å². The van der Waals surface area contributed by atoms with E-state index in [1.807, 2.05) is 39.8 Å². The molecule has 0 radical (unpaired) electrons. The first kappa shape index (κ1) is 16.2. The summed E-state index contributed by atoms with van der Waals surface area (Å²) in [5, 5.41) is 0. The Morgan fingerprint density at radius 2 is 1.67 bits per heavy atom. The fourth-order valence-corrected chi connectivity index (χ4v) is 4.31. The minimum absolute atomic E-state index is 0.238. The molecule has 0 N–H and O–H groups in total. The summed E-state index contributed by atoms with van der Waals surface area (Å²) in [6.45, 7) is 8.06. The maximum Gasteiger partial charge on any atom is 0.496 e.